The van der Waals surface area contributed by atoms with E-state index in [9.17, 15) is 10.1 Å². The summed E-state index contributed by atoms with van der Waals surface area (Å²) in [6.45, 7) is -0.356. The molecule has 7 heteroatoms. The molecule has 2 aromatic rings. The molecule has 1 heterocycles. The van der Waals surface area contributed by atoms with Crippen molar-refractivity contribution >= 4 is 17.4 Å². The van der Waals surface area contributed by atoms with Crippen LogP contribution in [0.4, 0.5) is 5.69 Å². The Balaban J connectivity index is 2.30. The van der Waals surface area contributed by atoms with Crippen LogP contribution in [0.1, 0.15) is 5.56 Å². The zero-order valence-electron chi connectivity index (χ0n) is 9.61. The van der Waals surface area contributed by atoms with Crippen molar-refractivity contribution in [2.24, 2.45) is 7.05 Å². The Morgan fingerprint density at radius 3 is 2.89 bits per heavy atom. The topological polar surface area (TPSA) is 81.2 Å². The van der Waals surface area contributed by atoms with Gasteiger partial charge in [-0.05, 0) is 12.1 Å². The molecular formula is C11H11N3O3S. The second kappa shape index (κ2) is 5.19. The van der Waals surface area contributed by atoms with E-state index in [2.05, 4.69) is 4.98 Å². The van der Waals surface area contributed by atoms with Crippen LogP contribution in [-0.4, -0.2) is 19.6 Å². The Kier molecular flexibility index (Phi) is 3.63. The van der Waals surface area contributed by atoms with Gasteiger partial charge < -0.3 is 9.67 Å². The Hall–Kier alpha value is -1.86. The van der Waals surface area contributed by atoms with Crippen molar-refractivity contribution in [3.05, 3.63) is 46.3 Å². The Morgan fingerprint density at radius 2 is 2.33 bits per heavy atom. The molecule has 0 unspecified atom stereocenters. The highest BCUT2D eigenvalue weighted by molar-refractivity contribution is 7.99. The van der Waals surface area contributed by atoms with Crippen LogP contribution in [0, 0.1) is 10.1 Å². The Labute approximate surface area is 107 Å². The summed E-state index contributed by atoms with van der Waals surface area (Å²) >= 11 is 1.39. The average Bonchev–Trinajstić information content (AvgIpc) is 2.74. The number of aliphatic hydroxyl groups is 1. The molecule has 0 saturated carbocycles. The summed E-state index contributed by atoms with van der Waals surface area (Å²) in [4.78, 5) is 15.2. The molecule has 18 heavy (non-hydrogen) atoms. The smallest absolute Gasteiger partial charge is 0.274 e. The maximum absolute atomic E-state index is 10.7. The van der Waals surface area contributed by atoms with Gasteiger partial charge in [-0.1, -0.05) is 11.8 Å². The van der Waals surface area contributed by atoms with Crippen molar-refractivity contribution in [2.45, 2.75) is 16.7 Å². The van der Waals surface area contributed by atoms with Gasteiger partial charge in [0.15, 0.2) is 5.16 Å². The van der Waals surface area contributed by atoms with E-state index in [1.165, 1.54) is 17.8 Å². The molecule has 1 N–H and O–H groups in total. The van der Waals surface area contributed by atoms with Crippen LogP contribution < -0.4 is 0 Å². The molecule has 94 valence electrons. The summed E-state index contributed by atoms with van der Waals surface area (Å²) in [5.41, 5.74) is 0.237. The average molecular weight is 265 g/mol. The van der Waals surface area contributed by atoms with Crippen LogP contribution in [0.2, 0.25) is 0 Å². The number of hydrogen-bond acceptors (Lipinski definition) is 5. The van der Waals surface area contributed by atoms with Crippen LogP contribution in [0.25, 0.3) is 0 Å². The molecule has 0 aliphatic rings. The molecule has 0 aliphatic carbocycles. The van der Waals surface area contributed by atoms with E-state index in [-0.39, 0.29) is 12.3 Å². The van der Waals surface area contributed by atoms with Crippen molar-refractivity contribution in [1.82, 2.24) is 9.55 Å². The van der Waals surface area contributed by atoms with E-state index in [0.717, 1.165) is 10.1 Å². The summed E-state index contributed by atoms with van der Waals surface area (Å²) in [5, 5.41) is 20.7. The minimum Gasteiger partial charge on any atom is -0.391 e. The van der Waals surface area contributed by atoms with E-state index in [0.29, 0.717) is 5.56 Å². The molecule has 1 aromatic heterocycles. The first kappa shape index (κ1) is 12.6. The molecule has 0 bridgehead atoms. The van der Waals surface area contributed by atoms with Crippen LogP contribution in [0.3, 0.4) is 0 Å². The summed E-state index contributed by atoms with van der Waals surface area (Å²) in [5.74, 6) is 0. The fourth-order valence-corrected chi connectivity index (χ4v) is 2.35. The number of aryl methyl sites for hydroxylation is 1. The lowest BCUT2D eigenvalue weighted by atomic mass is 10.2. The molecular weight excluding hydrogens is 254 g/mol. The maximum atomic E-state index is 10.7. The number of rotatable bonds is 4. The van der Waals surface area contributed by atoms with Gasteiger partial charge in [0.25, 0.3) is 5.69 Å². The molecule has 0 atom stereocenters. The predicted octanol–water partition coefficient (Wildman–Crippen LogP) is 1.97. The molecule has 0 fully saturated rings. The lowest BCUT2D eigenvalue weighted by Crippen LogP contribution is -1.96. The highest BCUT2D eigenvalue weighted by atomic mass is 32.2. The zero-order chi connectivity index (χ0) is 13.1. The highest BCUT2D eigenvalue weighted by Gasteiger charge is 2.14. The van der Waals surface area contributed by atoms with Crippen LogP contribution in [0.15, 0.2) is 40.6 Å². The van der Waals surface area contributed by atoms with Crippen molar-refractivity contribution < 1.29 is 10.0 Å². The lowest BCUT2D eigenvalue weighted by molar-refractivity contribution is -0.385. The molecule has 1 aromatic carbocycles. The van der Waals surface area contributed by atoms with Crippen molar-refractivity contribution in [2.75, 3.05) is 0 Å². The fraction of sp³-hybridized carbons (Fsp3) is 0.182. The first-order valence-electron chi connectivity index (χ1n) is 5.15. The van der Waals surface area contributed by atoms with Crippen molar-refractivity contribution in [1.29, 1.82) is 0 Å². The predicted molar refractivity (Wildman–Crippen MR) is 66.4 cm³/mol. The monoisotopic (exact) mass is 265 g/mol. The molecule has 0 saturated heterocycles. The number of nitro groups is 1. The first-order chi connectivity index (χ1) is 8.61. The van der Waals surface area contributed by atoms with Crippen molar-refractivity contribution in [3.63, 3.8) is 0 Å². The van der Waals surface area contributed by atoms with Gasteiger partial charge >= 0.3 is 0 Å². The molecule has 0 spiro atoms. The summed E-state index contributed by atoms with van der Waals surface area (Å²) in [6, 6.07) is 4.66. The number of imidazole rings is 1. The van der Waals surface area contributed by atoms with Gasteiger partial charge in [0.1, 0.15) is 0 Å². The van der Waals surface area contributed by atoms with E-state index in [4.69, 9.17) is 5.11 Å². The minimum atomic E-state index is -0.499. The number of aromatic nitrogens is 2. The second-order valence-electron chi connectivity index (χ2n) is 3.63. The molecule has 0 radical (unpaired) electrons. The lowest BCUT2D eigenvalue weighted by Gasteiger charge is -2.04. The number of nitrogens with zero attached hydrogens (tertiary/aromatic N) is 3. The second-order valence-corrected chi connectivity index (χ2v) is 4.67. The van der Waals surface area contributed by atoms with Crippen LogP contribution in [-0.2, 0) is 13.7 Å². The minimum absolute atomic E-state index is 0.0679. The fourth-order valence-electron chi connectivity index (χ4n) is 1.49. The Bertz CT molecular complexity index is 583. The number of nitro benzene ring substituents is 1. The summed E-state index contributed by atoms with van der Waals surface area (Å²) < 4.78 is 1.85. The summed E-state index contributed by atoms with van der Waals surface area (Å²) in [6.07, 6.45) is 3.50. The molecule has 0 aliphatic heterocycles. The van der Waals surface area contributed by atoms with E-state index in [1.54, 1.807) is 18.3 Å². The van der Waals surface area contributed by atoms with E-state index < -0.39 is 4.92 Å². The highest BCUT2D eigenvalue weighted by Crippen LogP contribution is 2.30. The van der Waals surface area contributed by atoms with Gasteiger partial charge in [-0.15, -0.1) is 0 Å². The van der Waals surface area contributed by atoms with Crippen molar-refractivity contribution in [3.8, 4) is 0 Å². The third kappa shape index (κ3) is 2.52. The SMILES string of the molecule is Cn1ccnc1Sc1ccc([N+](=O)[O-])c(CO)c1. The van der Waals surface area contributed by atoms with Crippen LogP contribution >= 0.6 is 11.8 Å². The quantitative estimate of drug-likeness (QED) is 0.675. The van der Waals surface area contributed by atoms with E-state index in [1.807, 2.05) is 17.8 Å². The third-order valence-electron chi connectivity index (χ3n) is 2.40. The van der Waals surface area contributed by atoms with Gasteiger partial charge in [0.05, 0.1) is 17.1 Å². The molecule has 6 nitrogen and oxygen atoms in total. The third-order valence-corrected chi connectivity index (χ3v) is 3.47. The molecule has 2 rings (SSSR count). The number of aliphatic hydroxyl groups excluding tert-OH is 1. The number of hydrogen-bond donors (Lipinski definition) is 1. The zero-order valence-corrected chi connectivity index (χ0v) is 10.4. The van der Waals surface area contributed by atoms with Crippen LogP contribution in [0.5, 0.6) is 0 Å². The Morgan fingerprint density at radius 1 is 1.56 bits per heavy atom. The van der Waals surface area contributed by atoms with Gasteiger partial charge in [-0.2, -0.15) is 0 Å². The normalized spacial score (nSPS) is 10.6. The van der Waals surface area contributed by atoms with Gasteiger partial charge in [0, 0.05) is 30.4 Å². The number of benzene rings is 1. The van der Waals surface area contributed by atoms with Gasteiger partial charge in [-0.3, -0.25) is 10.1 Å². The largest absolute Gasteiger partial charge is 0.391 e. The molecule has 0 amide bonds. The van der Waals surface area contributed by atoms with E-state index >= 15 is 0 Å². The maximum Gasteiger partial charge on any atom is 0.274 e. The standard InChI is InChI=1S/C11H11N3O3S/c1-13-5-4-12-11(13)18-9-2-3-10(14(16)17)8(6-9)7-15/h2-6,15H,7H2,1H3. The van der Waals surface area contributed by atoms with Gasteiger partial charge in [0.2, 0.25) is 0 Å². The van der Waals surface area contributed by atoms with Gasteiger partial charge in [-0.25, -0.2) is 4.98 Å². The summed E-state index contributed by atoms with van der Waals surface area (Å²) in [7, 11) is 1.87. The first-order valence-corrected chi connectivity index (χ1v) is 5.97.